The molecule has 0 bridgehead atoms. The van der Waals surface area contributed by atoms with Crippen LogP contribution in [0.4, 0.5) is 0 Å². The Morgan fingerprint density at radius 3 is 1.72 bits per heavy atom. The Labute approximate surface area is 221 Å². The molecule has 6 nitrogen and oxygen atoms in total. The molecule has 0 aliphatic carbocycles. The molecule has 1 aliphatic rings. The molecular weight excluding hydrogens is 586 g/mol. The van der Waals surface area contributed by atoms with Gasteiger partial charge in [0.2, 0.25) is 0 Å². The van der Waals surface area contributed by atoms with Gasteiger partial charge in [-0.2, -0.15) is 0 Å². The van der Waals surface area contributed by atoms with Crippen molar-refractivity contribution in [3.05, 3.63) is 86.3 Å². The number of ether oxygens (including phenoxy) is 1. The van der Waals surface area contributed by atoms with Crippen LogP contribution < -0.4 is 4.74 Å². The summed E-state index contributed by atoms with van der Waals surface area (Å²) >= 11 is 7.13. The number of nitrogens with zero attached hydrogens (tertiary/aromatic N) is 1. The van der Waals surface area contributed by atoms with E-state index < -0.39 is 0 Å². The minimum absolute atomic E-state index is 0.178. The Balaban J connectivity index is 1.56. The fourth-order valence-corrected chi connectivity index (χ4v) is 6.04. The van der Waals surface area contributed by atoms with E-state index in [1.54, 1.807) is 7.11 Å². The van der Waals surface area contributed by atoms with Gasteiger partial charge >= 0.3 is 0 Å². The van der Waals surface area contributed by atoms with E-state index in [0.29, 0.717) is 11.1 Å². The van der Waals surface area contributed by atoms with E-state index in [4.69, 9.17) is 4.74 Å². The number of imide groups is 1. The summed E-state index contributed by atoms with van der Waals surface area (Å²) in [4.78, 5) is 36.3. The second-order valence-corrected chi connectivity index (χ2v) is 10.8. The predicted molar refractivity (Wildman–Crippen MR) is 148 cm³/mol. The van der Waals surface area contributed by atoms with Crippen molar-refractivity contribution in [2.24, 2.45) is 0 Å². The number of carbonyl (C=O) groups is 2. The molecule has 6 aromatic rings. The third kappa shape index (κ3) is 2.94. The van der Waals surface area contributed by atoms with E-state index in [0.717, 1.165) is 63.9 Å². The van der Waals surface area contributed by atoms with Gasteiger partial charge in [0.1, 0.15) is 5.75 Å². The Bertz CT molecular complexity index is 1800. The fraction of sp³-hybridized carbons (Fsp3) is 0.0714. The van der Waals surface area contributed by atoms with Crippen molar-refractivity contribution in [3.63, 3.8) is 0 Å². The van der Waals surface area contributed by atoms with Crippen molar-refractivity contribution in [2.75, 3.05) is 7.11 Å². The van der Waals surface area contributed by atoms with Gasteiger partial charge in [0.05, 0.1) is 35.8 Å². The monoisotopic (exact) mass is 601 g/mol. The van der Waals surface area contributed by atoms with Crippen molar-refractivity contribution in [1.82, 2.24) is 14.9 Å². The van der Waals surface area contributed by atoms with Gasteiger partial charge in [0.15, 0.2) is 0 Å². The van der Waals surface area contributed by atoms with E-state index in [2.05, 4.69) is 41.8 Å². The van der Waals surface area contributed by atoms with Crippen LogP contribution in [0, 0.1) is 0 Å². The average molecular weight is 603 g/mol. The van der Waals surface area contributed by atoms with Crippen molar-refractivity contribution >= 4 is 87.3 Å². The summed E-state index contributed by atoms with van der Waals surface area (Å²) in [7, 11) is 1.61. The molecule has 0 atom stereocenters. The second kappa shape index (κ2) is 7.69. The summed E-state index contributed by atoms with van der Waals surface area (Å²) in [5, 5.41) is 3.31. The summed E-state index contributed by atoms with van der Waals surface area (Å²) in [6, 6.07) is 19.3. The molecule has 3 heterocycles. The number of fused-ring (bicyclic) bond motifs is 10. The Morgan fingerprint density at radius 1 is 0.750 bits per heavy atom. The molecular formula is C28H17Br2N3O3. The summed E-state index contributed by atoms with van der Waals surface area (Å²) in [6.07, 6.45) is 0. The first kappa shape index (κ1) is 21.6. The van der Waals surface area contributed by atoms with Gasteiger partial charge in [-0.15, -0.1) is 0 Å². The molecule has 0 saturated heterocycles. The molecule has 36 heavy (non-hydrogen) atoms. The first-order valence-corrected chi connectivity index (χ1v) is 12.9. The van der Waals surface area contributed by atoms with Crippen molar-refractivity contribution in [1.29, 1.82) is 0 Å². The zero-order valence-electron chi connectivity index (χ0n) is 18.9. The number of nitrogens with one attached hydrogen (secondary N) is 2. The van der Waals surface area contributed by atoms with Gasteiger partial charge < -0.3 is 14.7 Å². The van der Waals surface area contributed by atoms with Gasteiger partial charge in [-0.3, -0.25) is 14.5 Å². The third-order valence-corrected chi connectivity index (χ3v) is 7.93. The number of H-pyrrole nitrogens is 2. The smallest absolute Gasteiger partial charge is 0.262 e. The van der Waals surface area contributed by atoms with E-state index in [-0.39, 0.29) is 18.4 Å². The normalized spacial score (nSPS) is 13.6. The first-order chi connectivity index (χ1) is 17.4. The minimum Gasteiger partial charge on any atom is -0.497 e. The first-order valence-electron chi connectivity index (χ1n) is 11.3. The minimum atomic E-state index is -0.289. The zero-order chi connectivity index (χ0) is 24.7. The lowest BCUT2D eigenvalue weighted by atomic mass is 9.97. The van der Waals surface area contributed by atoms with Crippen LogP contribution in [0.1, 0.15) is 26.3 Å². The molecule has 7 rings (SSSR count). The molecule has 0 unspecified atom stereocenters. The van der Waals surface area contributed by atoms with Crippen LogP contribution in [0.15, 0.2) is 69.6 Å². The summed E-state index contributed by atoms with van der Waals surface area (Å²) in [6.45, 7) is 0.178. The maximum Gasteiger partial charge on any atom is 0.262 e. The number of methoxy groups -OCH3 is 1. The van der Waals surface area contributed by atoms with Gasteiger partial charge in [-0.05, 0) is 54.1 Å². The molecule has 2 amide bonds. The quantitative estimate of drug-likeness (QED) is 0.209. The Kier molecular flexibility index (Phi) is 4.62. The van der Waals surface area contributed by atoms with E-state index >= 15 is 0 Å². The fourth-order valence-electron chi connectivity index (χ4n) is 5.32. The molecule has 8 heteroatoms. The molecule has 2 N–H and O–H groups in total. The largest absolute Gasteiger partial charge is 0.497 e. The maximum absolute atomic E-state index is 14.0. The molecule has 176 valence electrons. The molecule has 0 fully saturated rings. The second-order valence-electron chi connectivity index (χ2n) is 8.92. The number of halogens is 2. The van der Waals surface area contributed by atoms with Crippen LogP contribution >= 0.6 is 31.9 Å². The van der Waals surface area contributed by atoms with Crippen LogP contribution in [0.3, 0.4) is 0 Å². The van der Waals surface area contributed by atoms with E-state index in [1.807, 2.05) is 60.7 Å². The van der Waals surface area contributed by atoms with E-state index in [1.165, 1.54) is 4.90 Å². The maximum atomic E-state index is 14.0. The average Bonchev–Trinajstić information content (AvgIpc) is 3.50. The van der Waals surface area contributed by atoms with Crippen molar-refractivity contribution < 1.29 is 14.3 Å². The Morgan fingerprint density at radius 2 is 1.25 bits per heavy atom. The zero-order valence-corrected chi connectivity index (χ0v) is 22.1. The van der Waals surface area contributed by atoms with Crippen LogP contribution in [0.25, 0.3) is 43.6 Å². The molecule has 0 saturated carbocycles. The highest BCUT2D eigenvalue weighted by Gasteiger charge is 2.41. The number of amides is 2. The summed E-state index contributed by atoms with van der Waals surface area (Å²) < 4.78 is 7.05. The lowest BCUT2D eigenvalue weighted by Crippen LogP contribution is -2.29. The van der Waals surface area contributed by atoms with Crippen LogP contribution in [0.2, 0.25) is 0 Å². The number of benzene rings is 4. The molecule has 0 spiro atoms. The molecule has 0 radical (unpaired) electrons. The highest BCUT2D eigenvalue weighted by atomic mass is 79.9. The molecule has 2 aromatic heterocycles. The SMILES string of the molecule is COc1ccc(CN2C(=O)c3c(c4c5cc(Br)ccc5[nH]c4c4[nH]c5ccc(Br)cc5c34)C2=O)cc1. The van der Waals surface area contributed by atoms with Crippen molar-refractivity contribution in [2.45, 2.75) is 6.54 Å². The topological polar surface area (TPSA) is 78.2 Å². The number of rotatable bonds is 3. The predicted octanol–water partition coefficient (Wildman–Crippen LogP) is 7.29. The van der Waals surface area contributed by atoms with Gasteiger partial charge in [0.25, 0.3) is 11.8 Å². The lowest BCUT2D eigenvalue weighted by molar-refractivity contribution is 0.0643. The van der Waals surface area contributed by atoms with Crippen LogP contribution in [-0.2, 0) is 6.54 Å². The number of aromatic nitrogens is 2. The summed E-state index contributed by atoms with van der Waals surface area (Å²) in [5.41, 5.74) is 5.17. The van der Waals surface area contributed by atoms with Crippen LogP contribution in [0.5, 0.6) is 5.75 Å². The lowest BCUT2D eigenvalue weighted by Gasteiger charge is -2.14. The number of aromatic amines is 2. The number of carbonyl (C=O) groups excluding carboxylic acids is 2. The standard InChI is InChI=1S/C28H17Br2N3O3/c1-36-16-6-2-13(3-7-16)12-33-27(34)23-21-17-10-14(29)4-8-19(17)31-25(21)26-22(24(23)28(33)35)18-11-15(30)5-9-20(18)32-26/h2-11,31-32H,12H2,1H3. The van der Waals surface area contributed by atoms with Gasteiger partial charge in [0, 0.05) is 41.5 Å². The highest BCUT2D eigenvalue weighted by molar-refractivity contribution is 9.10. The van der Waals surface area contributed by atoms with E-state index in [9.17, 15) is 9.59 Å². The number of hydrogen-bond acceptors (Lipinski definition) is 3. The highest BCUT2D eigenvalue weighted by Crippen LogP contribution is 2.44. The molecule has 1 aliphatic heterocycles. The van der Waals surface area contributed by atoms with Gasteiger partial charge in [-0.25, -0.2) is 0 Å². The summed E-state index contributed by atoms with van der Waals surface area (Å²) in [5.74, 6) is 0.143. The third-order valence-electron chi connectivity index (χ3n) is 6.94. The number of hydrogen-bond donors (Lipinski definition) is 2. The Hall–Kier alpha value is -3.62. The van der Waals surface area contributed by atoms with Gasteiger partial charge in [-0.1, -0.05) is 44.0 Å². The van der Waals surface area contributed by atoms with Crippen molar-refractivity contribution in [3.8, 4) is 5.75 Å². The molecule has 4 aromatic carbocycles. The van der Waals surface area contributed by atoms with Crippen LogP contribution in [-0.4, -0.2) is 33.8 Å².